The van der Waals surface area contributed by atoms with Crippen molar-refractivity contribution in [2.75, 3.05) is 0 Å². The molecule has 0 unspecified atom stereocenters. The zero-order chi connectivity index (χ0) is 10.1. The lowest BCUT2D eigenvalue weighted by Crippen LogP contribution is -2.20. The Morgan fingerprint density at radius 3 is 2.62 bits per heavy atom. The van der Waals surface area contributed by atoms with Gasteiger partial charge in [-0.25, -0.2) is 0 Å². The summed E-state index contributed by atoms with van der Waals surface area (Å²) in [4.78, 5) is 0. The van der Waals surface area contributed by atoms with Crippen LogP contribution < -0.4 is 5.73 Å². The zero-order valence-corrected chi connectivity index (χ0v) is 6.91. The number of aryl methyl sites for hydroxylation is 1. The van der Waals surface area contributed by atoms with E-state index in [2.05, 4.69) is 10.3 Å². The third kappa shape index (κ3) is 3.02. The van der Waals surface area contributed by atoms with Crippen molar-refractivity contribution in [1.82, 2.24) is 15.0 Å². The Morgan fingerprint density at radius 1 is 1.62 bits per heavy atom. The van der Waals surface area contributed by atoms with Gasteiger partial charge in [0, 0.05) is 13.2 Å². The minimum absolute atomic E-state index is 0.153. The lowest BCUT2D eigenvalue weighted by Gasteiger charge is -2.10. The maximum Gasteiger partial charge on any atom is 0.390 e. The monoisotopic (exact) mass is 194 g/mol. The van der Waals surface area contributed by atoms with Crippen molar-refractivity contribution < 1.29 is 13.2 Å². The topological polar surface area (TPSA) is 56.7 Å². The second-order valence-electron chi connectivity index (χ2n) is 2.74. The highest BCUT2D eigenvalue weighted by Crippen LogP contribution is 2.26. The molecule has 0 aromatic carbocycles. The summed E-state index contributed by atoms with van der Waals surface area (Å²) in [6, 6.07) is -1.13. The minimum atomic E-state index is -4.27. The van der Waals surface area contributed by atoms with Crippen LogP contribution in [0.4, 0.5) is 13.2 Å². The third-order valence-corrected chi connectivity index (χ3v) is 1.45. The van der Waals surface area contributed by atoms with Gasteiger partial charge in [-0.2, -0.15) is 13.2 Å². The number of halogens is 3. The largest absolute Gasteiger partial charge is 0.390 e. The van der Waals surface area contributed by atoms with E-state index in [-0.39, 0.29) is 5.69 Å². The molecule has 0 radical (unpaired) electrons. The molecule has 1 aromatic rings. The van der Waals surface area contributed by atoms with Gasteiger partial charge < -0.3 is 5.73 Å². The maximum atomic E-state index is 11.9. The van der Waals surface area contributed by atoms with E-state index in [9.17, 15) is 13.2 Å². The molecule has 13 heavy (non-hydrogen) atoms. The Labute approximate surface area is 72.5 Å². The van der Waals surface area contributed by atoms with Gasteiger partial charge in [-0.05, 0) is 0 Å². The van der Waals surface area contributed by atoms with Crippen LogP contribution in [0, 0.1) is 0 Å². The van der Waals surface area contributed by atoms with E-state index < -0.39 is 18.6 Å². The van der Waals surface area contributed by atoms with E-state index in [1.807, 2.05) is 0 Å². The smallest absolute Gasteiger partial charge is 0.322 e. The normalized spacial score (nSPS) is 14.5. The number of hydrogen-bond donors (Lipinski definition) is 1. The number of hydrogen-bond acceptors (Lipinski definition) is 3. The fourth-order valence-electron chi connectivity index (χ4n) is 0.889. The lowest BCUT2D eigenvalue weighted by molar-refractivity contribution is -0.138. The first-order valence-electron chi connectivity index (χ1n) is 3.57. The molecule has 0 spiro atoms. The molecule has 1 heterocycles. The van der Waals surface area contributed by atoms with Crippen LogP contribution in [0.5, 0.6) is 0 Å². The summed E-state index contributed by atoms with van der Waals surface area (Å²) in [5.41, 5.74) is 5.41. The van der Waals surface area contributed by atoms with Gasteiger partial charge >= 0.3 is 6.18 Å². The first-order valence-corrected chi connectivity index (χ1v) is 3.57. The van der Waals surface area contributed by atoms with Crippen molar-refractivity contribution in [2.45, 2.75) is 18.6 Å². The van der Waals surface area contributed by atoms with Crippen LogP contribution in [-0.2, 0) is 7.05 Å². The maximum absolute atomic E-state index is 11.9. The molecule has 1 atom stereocenters. The van der Waals surface area contributed by atoms with Gasteiger partial charge in [-0.1, -0.05) is 5.21 Å². The average molecular weight is 194 g/mol. The van der Waals surface area contributed by atoms with Crippen LogP contribution in [0.2, 0.25) is 0 Å². The number of nitrogens with two attached hydrogens (primary N) is 1. The molecule has 1 rings (SSSR count). The lowest BCUT2D eigenvalue weighted by atomic mass is 10.1. The molecule has 0 amide bonds. The second kappa shape index (κ2) is 3.33. The number of nitrogens with zero attached hydrogens (tertiary/aromatic N) is 3. The fraction of sp³-hybridized carbons (Fsp3) is 0.667. The summed E-state index contributed by atoms with van der Waals surface area (Å²) in [5, 5.41) is 6.97. The third-order valence-electron chi connectivity index (χ3n) is 1.45. The zero-order valence-electron chi connectivity index (χ0n) is 6.91. The summed E-state index contributed by atoms with van der Waals surface area (Å²) < 4.78 is 36.9. The van der Waals surface area contributed by atoms with Gasteiger partial charge in [0.2, 0.25) is 0 Å². The SMILES string of the molecule is Cn1cc([C@H](N)CC(F)(F)F)nn1. The van der Waals surface area contributed by atoms with Gasteiger partial charge in [0.25, 0.3) is 0 Å². The molecule has 0 fully saturated rings. The van der Waals surface area contributed by atoms with Crippen molar-refractivity contribution in [3.05, 3.63) is 11.9 Å². The van der Waals surface area contributed by atoms with Crippen LogP contribution in [0.3, 0.4) is 0 Å². The molecule has 0 saturated heterocycles. The second-order valence-corrected chi connectivity index (χ2v) is 2.74. The van der Waals surface area contributed by atoms with E-state index in [0.717, 1.165) is 0 Å². The molecule has 7 heteroatoms. The predicted octanol–water partition coefficient (Wildman–Crippen LogP) is 0.767. The Kier molecular flexibility index (Phi) is 2.55. The highest BCUT2D eigenvalue weighted by Gasteiger charge is 2.31. The van der Waals surface area contributed by atoms with E-state index in [1.54, 1.807) is 7.05 Å². The molecule has 74 valence electrons. The van der Waals surface area contributed by atoms with Gasteiger partial charge in [-0.15, -0.1) is 5.10 Å². The van der Waals surface area contributed by atoms with Gasteiger partial charge in [0.1, 0.15) is 0 Å². The fourth-order valence-corrected chi connectivity index (χ4v) is 0.889. The highest BCUT2D eigenvalue weighted by molar-refractivity contribution is 4.99. The Hall–Kier alpha value is -1.11. The van der Waals surface area contributed by atoms with Crippen molar-refractivity contribution in [2.24, 2.45) is 12.8 Å². The standard InChI is InChI=1S/C6H9F3N4/c1-13-3-5(11-12-13)4(10)2-6(7,8)9/h3-4H,2,10H2,1H3/t4-/m1/s1. The number of rotatable bonds is 2. The van der Waals surface area contributed by atoms with Crippen molar-refractivity contribution in [3.8, 4) is 0 Å². The quantitative estimate of drug-likeness (QED) is 0.756. The molecule has 0 aliphatic rings. The summed E-state index contributed by atoms with van der Waals surface area (Å²) in [7, 11) is 1.57. The van der Waals surface area contributed by atoms with Crippen molar-refractivity contribution >= 4 is 0 Å². The Morgan fingerprint density at radius 2 is 2.23 bits per heavy atom. The van der Waals surface area contributed by atoms with Gasteiger partial charge in [0.05, 0.1) is 18.2 Å². The highest BCUT2D eigenvalue weighted by atomic mass is 19.4. The molecule has 4 nitrogen and oxygen atoms in total. The molecular formula is C6H9F3N4. The molecular weight excluding hydrogens is 185 g/mol. The van der Waals surface area contributed by atoms with E-state index in [4.69, 9.17) is 5.73 Å². The Bertz CT molecular complexity index is 280. The van der Waals surface area contributed by atoms with Crippen LogP contribution in [0.15, 0.2) is 6.20 Å². The van der Waals surface area contributed by atoms with E-state index in [1.165, 1.54) is 10.9 Å². The summed E-state index contributed by atoms with van der Waals surface area (Å²) in [6.07, 6.45) is -3.97. The molecule has 2 N–H and O–H groups in total. The number of aromatic nitrogens is 3. The first kappa shape index (κ1) is 9.97. The summed E-state index contributed by atoms with van der Waals surface area (Å²) in [5.74, 6) is 0. The van der Waals surface area contributed by atoms with Crippen LogP contribution in [0.1, 0.15) is 18.2 Å². The van der Waals surface area contributed by atoms with E-state index in [0.29, 0.717) is 0 Å². The van der Waals surface area contributed by atoms with Crippen molar-refractivity contribution in [3.63, 3.8) is 0 Å². The Balaban J connectivity index is 2.64. The van der Waals surface area contributed by atoms with Gasteiger partial charge in [-0.3, -0.25) is 4.68 Å². The summed E-state index contributed by atoms with van der Waals surface area (Å²) >= 11 is 0. The van der Waals surface area contributed by atoms with Crippen LogP contribution >= 0.6 is 0 Å². The van der Waals surface area contributed by atoms with Crippen LogP contribution in [-0.4, -0.2) is 21.2 Å². The minimum Gasteiger partial charge on any atom is -0.322 e. The van der Waals surface area contributed by atoms with Crippen LogP contribution in [0.25, 0.3) is 0 Å². The average Bonchev–Trinajstić information content (AvgIpc) is 2.31. The predicted molar refractivity (Wildman–Crippen MR) is 38.6 cm³/mol. The summed E-state index contributed by atoms with van der Waals surface area (Å²) in [6.45, 7) is 0. The molecule has 0 aliphatic heterocycles. The molecule has 1 aromatic heterocycles. The number of alkyl halides is 3. The molecule has 0 saturated carbocycles. The van der Waals surface area contributed by atoms with E-state index >= 15 is 0 Å². The first-order chi connectivity index (χ1) is 5.88. The van der Waals surface area contributed by atoms with Gasteiger partial charge in [0.15, 0.2) is 0 Å². The van der Waals surface area contributed by atoms with Crippen molar-refractivity contribution in [1.29, 1.82) is 0 Å². The molecule has 0 bridgehead atoms. The molecule has 0 aliphatic carbocycles.